The van der Waals surface area contributed by atoms with E-state index < -0.39 is 11.6 Å². The number of halogens is 1. The predicted molar refractivity (Wildman–Crippen MR) is 102 cm³/mol. The zero-order chi connectivity index (χ0) is 18.9. The number of aromatic nitrogens is 1. The van der Waals surface area contributed by atoms with Crippen molar-refractivity contribution in [3.63, 3.8) is 0 Å². The zero-order valence-electron chi connectivity index (χ0n) is 15.1. The van der Waals surface area contributed by atoms with Crippen molar-refractivity contribution in [1.82, 2.24) is 4.98 Å². The minimum atomic E-state index is -0.828. The second-order valence-corrected chi connectivity index (χ2v) is 7.32. The van der Waals surface area contributed by atoms with Crippen LogP contribution in [0.3, 0.4) is 0 Å². The molecule has 0 saturated carbocycles. The molecular weight excluding hydrogens is 400 g/mol. The number of carbonyl (C=O) groups is 1. The van der Waals surface area contributed by atoms with Crippen LogP contribution in [0.15, 0.2) is 34.9 Å². The quantitative estimate of drug-likeness (QED) is 0.741. The van der Waals surface area contributed by atoms with Crippen LogP contribution in [0.1, 0.15) is 24.5 Å². The molecule has 6 nitrogen and oxygen atoms in total. The number of aryl methyl sites for hydroxylation is 1. The maximum absolute atomic E-state index is 12.5. The van der Waals surface area contributed by atoms with Gasteiger partial charge in [0.05, 0.1) is 18.7 Å². The number of ether oxygens (including phenoxy) is 3. The third kappa shape index (κ3) is 3.49. The Balaban J connectivity index is 1.88. The molecule has 3 rings (SSSR count). The molecular formula is C19H21BrN2O4. The van der Waals surface area contributed by atoms with Gasteiger partial charge in [0.25, 0.3) is 0 Å². The first-order chi connectivity index (χ1) is 12.4. The number of nitrogens with zero attached hydrogens (tertiary/aromatic N) is 1. The van der Waals surface area contributed by atoms with Crippen molar-refractivity contribution in [3.05, 3.63) is 46.1 Å². The van der Waals surface area contributed by atoms with Crippen molar-refractivity contribution < 1.29 is 19.0 Å². The molecule has 0 amide bonds. The van der Waals surface area contributed by atoms with Gasteiger partial charge < -0.3 is 19.5 Å². The van der Waals surface area contributed by atoms with E-state index in [1.807, 2.05) is 38.1 Å². The van der Waals surface area contributed by atoms with Gasteiger partial charge in [-0.25, -0.2) is 9.78 Å². The molecule has 1 aliphatic rings. The molecule has 2 unspecified atom stereocenters. The normalized spacial score (nSPS) is 22.0. The third-order valence-corrected chi connectivity index (χ3v) is 5.07. The summed E-state index contributed by atoms with van der Waals surface area (Å²) in [7, 11) is 3.19. The minimum Gasteiger partial charge on any atom is -0.497 e. The zero-order valence-corrected chi connectivity index (χ0v) is 16.7. The van der Waals surface area contributed by atoms with E-state index >= 15 is 0 Å². The molecule has 1 aromatic carbocycles. The summed E-state index contributed by atoms with van der Waals surface area (Å²) in [6.07, 6.45) is 2.19. The Bertz CT molecular complexity index is 842. The molecule has 1 N–H and O–H groups in total. The summed E-state index contributed by atoms with van der Waals surface area (Å²) in [5.41, 5.74) is 0.974. The molecule has 1 saturated heterocycles. The predicted octanol–water partition coefficient (Wildman–Crippen LogP) is 3.81. The molecule has 0 aliphatic carbocycles. The van der Waals surface area contributed by atoms with Crippen LogP contribution in [0.25, 0.3) is 0 Å². The number of hydrogen-bond acceptors (Lipinski definition) is 6. The summed E-state index contributed by atoms with van der Waals surface area (Å²) in [4.78, 5) is 16.8. The second kappa shape index (κ2) is 7.15. The van der Waals surface area contributed by atoms with E-state index in [2.05, 4.69) is 26.2 Å². The number of benzene rings is 1. The molecule has 2 heterocycles. The molecule has 26 heavy (non-hydrogen) atoms. The van der Waals surface area contributed by atoms with Gasteiger partial charge in [0.15, 0.2) is 0 Å². The first-order valence-corrected chi connectivity index (χ1v) is 8.99. The van der Waals surface area contributed by atoms with Crippen LogP contribution in [0.5, 0.6) is 11.5 Å². The van der Waals surface area contributed by atoms with Crippen molar-refractivity contribution in [2.24, 2.45) is 0 Å². The lowest BCUT2D eigenvalue weighted by atomic mass is 9.90. The summed E-state index contributed by atoms with van der Waals surface area (Å²) < 4.78 is 17.3. The van der Waals surface area contributed by atoms with Gasteiger partial charge in [-0.1, -0.05) is 0 Å². The van der Waals surface area contributed by atoms with Crippen LogP contribution in [0.2, 0.25) is 0 Å². The Morgan fingerprint density at radius 3 is 2.73 bits per heavy atom. The van der Waals surface area contributed by atoms with Gasteiger partial charge in [-0.05, 0) is 59.6 Å². The maximum Gasteiger partial charge on any atom is 0.329 e. The van der Waals surface area contributed by atoms with E-state index in [9.17, 15) is 4.79 Å². The van der Waals surface area contributed by atoms with Gasteiger partial charge in [0.1, 0.15) is 29.0 Å². The summed E-state index contributed by atoms with van der Waals surface area (Å²) in [5.74, 6) is 1.61. The van der Waals surface area contributed by atoms with Crippen molar-refractivity contribution in [2.75, 3.05) is 19.5 Å². The SMILES string of the molecule is COc1ccc(OC)c(C2(C)CC(Nc3ncc(C)cc3Br)C(=O)O2)c1. The van der Waals surface area contributed by atoms with Crippen LogP contribution < -0.4 is 14.8 Å². The lowest BCUT2D eigenvalue weighted by Gasteiger charge is -2.25. The average molecular weight is 421 g/mol. The number of carbonyl (C=O) groups excluding carboxylic acids is 1. The van der Waals surface area contributed by atoms with Crippen molar-refractivity contribution in [1.29, 1.82) is 0 Å². The lowest BCUT2D eigenvalue weighted by Crippen LogP contribution is -2.26. The Labute approximate surface area is 161 Å². The van der Waals surface area contributed by atoms with Crippen LogP contribution >= 0.6 is 15.9 Å². The lowest BCUT2D eigenvalue weighted by molar-refractivity contribution is -0.148. The number of cyclic esters (lactones) is 1. The van der Waals surface area contributed by atoms with Gasteiger partial charge in [0.2, 0.25) is 0 Å². The number of methoxy groups -OCH3 is 2. The first-order valence-electron chi connectivity index (χ1n) is 8.20. The highest BCUT2D eigenvalue weighted by atomic mass is 79.9. The molecule has 0 radical (unpaired) electrons. The number of hydrogen-bond donors (Lipinski definition) is 1. The van der Waals surface area contributed by atoms with Crippen LogP contribution in [-0.4, -0.2) is 31.2 Å². The fourth-order valence-corrected chi connectivity index (χ4v) is 3.69. The minimum absolute atomic E-state index is 0.327. The number of nitrogens with one attached hydrogen (secondary N) is 1. The molecule has 0 spiro atoms. The Kier molecular flexibility index (Phi) is 5.09. The molecule has 0 bridgehead atoms. The highest BCUT2D eigenvalue weighted by Crippen LogP contribution is 2.43. The highest BCUT2D eigenvalue weighted by molar-refractivity contribution is 9.10. The van der Waals surface area contributed by atoms with E-state index in [0.29, 0.717) is 23.7 Å². The number of esters is 1. The van der Waals surface area contributed by atoms with Gasteiger partial charge in [-0.15, -0.1) is 0 Å². The molecule has 2 atom stereocenters. The number of pyridine rings is 1. The molecule has 7 heteroatoms. The highest BCUT2D eigenvalue weighted by Gasteiger charge is 2.46. The second-order valence-electron chi connectivity index (χ2n) is 6.46. The van der Waals surface area contributed by atoms with Crippen molar-refractivity contribution >= 4 is 27.7 Å². The Hall–Kier alpha value is -2.28. The number of rotatable bonds is 5. The maximum atomic E-state index is 12.5. The molecule has 2 aromatic rings. The standard InChI is InChI=1S/C19H21BrN2O4/c1-11-7-14(20)17(21-10-11)22-15-9-19(2,26-18(15)23)13-8-12(24-3)5-6-16(13)25-4/h5-8,10,15H,9H2,1-4H3,(H,21,22). The third-order valence-electron chi connectivity index (χ3n) is 4.47. The summed E-state index contributed by atoms with van der Waals surface area (Å²) >= 11 is 3.48. The van der Waals surface area contributed by atoms with Crippen molar-refractivity contribution in [3.8, 4) is 11.5 Å². The largest absolute Gasteiger partial charge is 0.497 e. The fraction of sp³-hybridized carbons (Fsp3) is 0.368. The van der Waals surface area contributed by atoms with E-state index in [1.54, 1.807) is 20.4 Å². The van der Waals surface area contributed by atoms with Crippen LogP contribution in [0.4, 0.5) is 5.82 Å². The van der Waals surface area contributed by atoms with E-state index in [-0.39, 0.29) is 5.97 Å². The average Bonchev–Trinajstić information content (AvgIpc) is 2.91. The van der Waals surface area contributed by atoms with E-state index in [1.165, 1.54) is 0 Å². The van der Waals surface area contributed by atoms with Gasteiger partial charge in [0, 0.05) is 18.2 Å². The van der Waals surface area contributed by atoms with Gasteiger partial charge in [-0.2, -0.15) is 0 Å². The van der Waals surface area contributed by atoms with Crippen molar-refractivity contribution in [2.45, 2.75) is 31.9 Å². The summed E-state index contributed by atoms with van der Waals surface area (Å²) in [5, 5.41) is 3.17. The first kappa shape index (κ1) is 18.5. The molecule has 1 aliphatic heterocycles. The Morgan fingerprint density at radius 1 is 1.31 bits per heavy atom. The molecule has 1 aromatic heterocycles. The molecule has 138 valence electrons. The van der Waals surface area contributed by atoms with Crippen LogP contribution in [0, 0.1) is 6.92 Å². The summed E-state index contributed by atoms with van der Waals surface area (Å²) in [6.45, 7) is 3.83. The smallest absolute Gasteiger partial charge is 0.329 e. The van der Waals surface area contributed by atoms with E-state index in [0.717, 1.165) is 15.6 Å². The summed E-state index contributed by atoms with van der Waals surface area (Å²) in [6, 6.07) is 6.90. The van der Waals surface area contributed by atoms with E-state index in [4.69, 9.17) is 14.2 Å². The monoisotopic (exact) mass is 420 g/mol. The number of anilines is 1. The topological polar surface area (TPSA) is 69.7 Å². The van der Waals surface area contributed by atoms with Crippen LogP contribution in [-0.2, 0) is 15.1 Å². The van der Waals surface area contributed by atoms with Gasteiger partial charge >= 0.3 is 5.97 Å². The molecule has 1 fully saturated rings. The Morgan fingerprint density at radius 2 is 2.08 bits per heavy atom. The van der Waals surface area contributed by atoms with Gasteiger partial charge in [-0.3, -0.25) is 0 Å². The fourth-order valence-electron chi connectivity index (χ4n) is 3.11.